The molecule has 14 heavy (non-hydrogen) atoms. The summed E-state index contributed by atoms with van der Waals surface area (Å²) in [7, 11) is 0. The van der Waals surface area contributed by atoms with E-state index in [1.807, 2.05) is 0 Å². The number of rotatable bonds is 3. The van der Waals surface area contributed by atoms with Gasteiger partial charge in [-0.2, -0.15) is 0 Å². The van der Waals surface area contributed by atoms with Gasteiger partial charge in [0.2, 0.25) is 0 Å². The number of aliphatic hydroxyl groups is 2. The number of hydrogen-bond acceptors (Lipinski definition) is 3. The maximum Gasteiger partial charge on any atom is 0.309 e. The van der Waals surface area contributed by atoms with Crippen LogP contribution in [0.3, 0.4) is 0 Å². The Morgan fingerprint density at radius 1 is 1.50 bits per heavy atom. The minimum atomic E-state index is -0.842. The Hall–Kier alpha value is -0.610. The van der Waals surface area contributed by atoms with Crippen molar-refractivity contribution in [1.29, 1.82) is 0 Å². The van der Waals surface area contributed by atoms with Crippen LogP contribution in [0.5, 0.6) is 0 Å². The molecule has 0 saturated heterocycles. The molecule has 0 amide bonds. The molecule has 1 aliphatic rings. The predicted octanol–water partition coefficient (Wildman–Crippen LogP) is 0.621. The number of carbonyl (C=O) groups is 1. The zero-order valence-corrected chi connectivity index (χ0v) is 8.44. The van der Waals surface area contributed by atoms with Crippen LogP contribution >= 0.6 is 0 Å². The van der Waals surface area contributed by atoms with E-state index in [0.717, 1.165) is 0 Å². The molecule has 1 saturated carbocycles. The average molecular weight is 202 g/mol. The van der Waals surface area contributed by atoms with E-state index in [0.29, 0.717) is 25.7 Å². The van der Waals surface area contributed by atoms with Gasteiger partial charge in [0.1, 0.15) is 0 Å². The first-order valence-electron chi connectivity index (χ1n) is 5.05. The molecule has 1 atom stereocenters. The number of carboxylic acid groups (broad SMARTS) is 1. The van der Waals surface area contributed by atoms with Crippen LogP contribution in [-0.4, -0.2) is 34.0 Å². The van der Waals surface area contributed by atoms with E-state index in [9.17, 15) is 15.0 Å². The van der Waals surface area contributed by atoms with Gasteiger partial charge in [-0.15, -0.1) is 0 Å². The van der Waals surface area contributed by atoms with Crippen LogP contribution < -0.4 is 0 Å². The summed E-state index contributed by atoms with van der Waals surface area (Å²) >= 11 is 0. The molecule has 4 nitrogen and oxygen atoms in total. The summed E-state index contributed by atoms with van der Waals surface area (Å²) in [6.45, 7) is 1.65. The highest BCUT2D eigenvalue weighted by Crippen LogP contribution is 2.42. The summed E-state index contributed by atoms with van der Waals surface area (Å²) in [5.41, 5.74) is -0.825. The molecule has 4 heteroatoms. The fourth-order valence-corrected chi connectivity index (χ4v) is 2.21. The van der Waals surface area contributed by atoms with E-state index in [-0.39, 0.29) is 18.6 Å². The zero-order valence-electron chi connectivity index (χ0n) is 8.44. The van der Waals surface area contributed by atoms with Crippen LogP contribution in [0.25, 0.3) is 0 Å². The summed E-state index contributed by atoms with van der Waals surface area (Å²) in [6.07, 6.45) is 1.61. The highest BCUT2D eigenvalue weighted by Gasteiger charge is 2.45. The Labute approximate surface area is 83.6 Å². The Morgan fingerprint density at radius 3 is 2.36 bits per heavy atom. The third-order valence-corrected chi connectivity index (χ3v) is 3.49. The highest BCUT2D eigenvalue weighted by atomic mass is 16.4. The van der Waals surface area contributed by atoms with Crippen LogP contribution in [0.2, 0.25) is 0 Å². The summed E-state index contributed by atoms with van der Waals surface area (Å²) in [4.78, 5) is 11.2. The van der Waals surface area contributed by atoms with E-state index < -0.39 is 11.4 Å². The van der Waals surface area contributed by atoms with Crippen LogP contribution in [0, 0.1) is 11.3 Å². The van der Waals surface area contributed by atoms with Gasteiger partial charge in [0.25, 0.3) is 0 Å². The first-order valence-corrected chi connectivity index (χ1v) is 5.05. The van der Waals surface area contributed by atoms with Crippen molar-refractivity contribution in [3.05, 3.63) is 0 Å². The summed E-state index contributed by atoms with van der Waals surface area (Å²) in [5.74, 6) is -1.08. The number of hydrogen-bond donors (Lipinski definition) is 3. The lowest BCUT2D eigenvalue weighted by atomic mass is 9.66. The van der Waals surface area contributed by atoms with Crippen molar-refractivity contribution in [1.82, 2.24) is 0 Å². The third-order valence-electron chi connectivity index (χ3n) is 3.49. The SMILES string of the molecule is CC(CO)C1(C(=O)O)CCC(O)CC1. The monoisotopic (exact) mass is 202 g/mol. The molecule has 0 aliphatic heterocycles. The molecule has 1 fully saturated rings. The lowest BCUT2D eigenvalue weighted by Crippen LogP contribution is -2.43. The molecule has 0 heterocycles. The number of aliphatic carboxylic acids is 1. The Morgan fingerprint density at radius 2 is 2.00 bits per heavy atom. The Kier molecular flexibility index (Phi) is 3.50. The summed E-state index contributed by atoms with van der Waals surface area (Å²) in [5, 5.41) is 27.5. The quantitative estimate of drug-likeness (QED) is 0.627. The third kappa shape index (κ3) is 1.91. The van der Waals surface area contributed by atoms with Crippen LogP contribution in [0.4, 0.5) is 0 Å². The van der Waals surface area contributed by atoms with Crippen molar-refractivity contribution < 1.29 is 20.1 Å². The number of aliphatic hydroxyl groups excluding tert-OH is 2. The van der Waals surface area contributed by atoms with Gasteiger partial charge in [-0.1, -0.05) is 6.92 Å². The Bertz CT molecular complexity index is 206. The van der Waals surface area contributed by atoms with E-state index in [1.165, 1.54) is 0 Å². The second-order valence-electron chi connectivity index (χ2n) is 4.28. The van der Waals surface area contributed by atoms with Crippen LogP contribution in [-0.2, 0) is 4.79 Å². The van der Waals surface area contributed by atoms with E-state index >= 15 is 0 Å². The second-order valence-corrected chi connectivity index (χ2v) is 4.28. The van der Waals surface area contributed by atoms with Gasteiger partial charge in [-0.25, -0.2) is 0 Å². The van der Waals surface area contributed by atoms with E-state index in [4.69, 9.17) is 5.11 Å². The second kappa shape index (κ2) is 4.28. The maximum atomic E-state index is 11.2. The van der Waals surface area contributed by atoms with E-state index in [1.54, 1.807) is 6.92 Å². The molecule has 0 aromatic heterocycles. The lowest BCUT2D eigenvalue weighted by Gasteiger charge is -2.39. The van der Waals surface area contributed by atoms with Gasteiger partial charge in [-0.3, -0.25) is 4.79 Å². The van der Waals surface area contributed by atoms with Gasteiger partial charge < -0.3 is 15.3 Å². The van der Waals surface area contributed by atoms with Crippen molar-refractivity contribution in [2.45, 2.75) is 38.7 Å². The molecule has 3 N–H and O–H groups in total. The van der Waals surface area contributed by atoms with Gasteiger partial charge in [0.05, 0.1) is 11.5 Å². The Balaban J connectivity index is 2.78. The standard InChI is InChI=1S/C10H18O4/c1-7(6-11)10(9(13)14)4-2-8(12)3-5-10/h7-8,11-12H,2-6H2,1H3,(H,13,14). The van der Waals surface area contributed by atoms with Crippen molar-refractivity contribution in [2.75, 3.05) is 6.61 Å². The fraction of sp³-hybridized carbons (Fsp3) is 0.900. The van der Waals surface area contributed by atoms with Gasteiger partial charge in [-0.05, 0) is 31.6 Å². The van der Waals surface area contributed by atoms with Gasteiger partial charge in [0, 0.05) is 6.61 Å². The molecule has 1 rings (SSSR count). The van der Waals surface area contributed by atoms with Gasteiger partial charge in [0.15, 0.2) is 0 Å². The molecule has 0 radical (unpaired) electrons. The smallest absolute Gasteiger partial charge is 0.309 e. The minimum Gasteiger partial charge on any atom is -0.481 e. The van der Waals surface area contributed by atoms with Crippen LogP contribution in [0.15, 0.2) is 0 Å². The molecule has 0 aromatic rings. The molecule has 0 aromatic carbocycles. The lowest BCUT2D eigenvalue weighted by molar-refractivity contribution is -0.158. The summed E-state index contributed by atoms with van der Waals surface area (Å²) in [6, 6.07) is 0. The van der Waals surface area contributed by atoms with Crippen molar-refractivity contribution in [2.24, 2.45) is 11.3 Å². The minimum absolute atomic E-state index is 0.109. The first kappa shape index (κ1) is 11.5. The van der Waals surface area contributed by atoms with Crippen molar-refractivity contribution >= 4 is 5.97 Å². The summed E-state index contributed by atoms with van der Waals surface area (Å²) < 4.78 is 0. The maximum absolute atomic E-state index is 11.2. The number of carboxylic acids is 1. The molecule has 1 aliphatic carbocycles. The molecule has 0 spiro atoms. The van der Waals surface area contributed by atoms with Crippen LogP contribution in [0.1, 0.15) is 32.6 Å². The van der Waals surface area contributed by atoms with Gasteiger partial charge >= 0.3 is 5.97 Å². The van der Waals surface area contributed by atoms with E-state index in [2.05, 4.69) is 0 Å². The first-order chi connectivity index (χ1) is 6.53. The normalized spacial score (nSPS) is 35.2. The fourth-order valence-electron chi connectivity index (χ4n) is 2.21. The molecule has 82 valence electrons. The molecular formula is C10H18O4. The molecule has 1 unspecified atom stereocenters. The predicted molar refractivity (Wildman–Crippen MR) is 50.8 cm³/mol. The van der Waals surface area contributed by atoms with Crippen molar-refractivity contribution in [3.8, 4) is 0 Å². The zero-order chi connectivity index (χ0) is 10.8. The topological polar surface area (TPSA) is 77.8 Å². The largest absolute Gasteiger partial charge is 0.481 e. The van der Waals surface area contributed by atoms with Crippen molar-refractivity contribution in [3.63, 3.8) is 0 Å². The molecular weight excluding hydrogens is 184 g/mol. The average Bonchev–Trinajstić information content (AvgIpc) is 2.18. The molecule has 0 bridgehead atoms. The highest BCUT2D eigenvalue weighted by molar-refractivity contribution is 5.75.